The molecule has 1 fully saturated rings. The molecular formula is C21H38O9. The predicted octanol–water partition coefficient (Wildman–Crippen LogP) is 1.40. The maximum atomic E-state index is 11.1. The van der Waals surface area contributed by atoms with Crippen LogP contribution < -0.4 is 0 Å². The van der Waals surface area contributed by atoms with Gasteiger partial charge in [0, 0.05) is 20.0 Å². The number of hydrogen-bond acceptors (Lipinski definition) is 8. The van der Waals surface area contributed by atoms with Crippen LogP contribution in [0.15, 0.2) is 0 Å². The molecule has 9 nitrogen and oxygen atoms in total. The lowest BCUT2D eigenvalue weighted by Crippen LogP contribution is -2.59. The second-order valence-corrected chi connectivity index (χ2v) is 8.02. The van der Waals surface area contributed by atoms with Crippen LogP contribution in [0.4, 0.5) is 0 Å². The van der Waals surface area contributed by atoms with E-state index in [2.05, 4.69) is 0 Å². The summed E-state index contributed by atoms with van der Waals surface area (Å²) in [7, 11) is 1.45. The third-order valence-corrected chi connectivity index (χ3v) is 5.30. The van der Waals surface area contributed by atoms with Crippen molar-refractivity contribution in [2.45, 2.75) is 108 Å². The average Bonchev–Trinajstić information content (AvgIpc) is 2.68. The molecular weight excluding hydrogens is 396 g/mol. The van der Waals surface area contributed by atoms with E-state index in [0.717, 1.165) is 32.1 Å². The Labute approximate surface area is 178 Å². The minimum Gasteiger partial charge on any atom is -0.481 e. The van der Waals surface area contributed by atoms with Gasteiger partial charge >= 0.3 is 5.97 Å². The predicted molar refractivity (Wildman–Crippen MR) is 108 cm³/mol. The van der Waals surface area contributed by atoms with Crippen molar-refractivity contribution < 1.29 is 44.2 Å². The zero-order chi connectivity index (χ0) is 22.5. The van der Waals surface area contributed by atoms with Crippen molar-refractivity contribution >= 4 is 11.8 Å². The van der Waals surface area contributed by atoms with E-state index in [9.17, 15) is 24.9 Å². The molecule has 9 heteroatoms. The minimum absolute atomic E-state index is 0.0513. The molecule has 0 aromatic carbocycles. The highest BCUT2D eigenvalue weighted by atomic mass is 16.7. The molecule has 0 aromatic heterocycles. The van der Waals surface area contributed by atoms with Crippen LogP contribution in [0.1, 0.15) is 71.1 Å². The molecule has 0 aromatic rings. The normalized spacial score (nSPS) is 27.7. The first-order chi connectivity index (χ1) is 14.3. The van der Waals surface area contributed by atoms with Gasteiger partial charge in [0.15, 0.2) is 6.29 Å². The van der Waals surface area contributed by atoms with Crippen LogP contribution in [0, 0.1) is 0 Å². The molecule has 1 heterocycles. The molecule has 0 saturated carbocycles. The zero-order valence-electron chi connectivity index (χ0n) is 18.1. The summed E-state index contributed by atoms with van der Waals surface area (Å²) in [6.07, 6.45) is 0.418. The van der Waals surface area contributed by atoms with E-state index in [1.807, 2.05) is 0 Å². The minimum atomic E-state index is -1.41. The quantitative estimate of drug-likeness (QED) is 0.265. The summed E-state index contributed by atoms with van der Waals surface area (Å²) in [6, 6.07) is 0. The zero-order valence-corrected chi connectivity index (χ0v) is 18.1. The summed E-state index contributed by atoms with van der Waals surface area (Å²) in [4.78, 5) is 21.7. The number of aliphatic hydroxyl groups is 3. The lowest BCUT2D eigenvalue weighted by atomic mass is 9.98. The van der Waals surface area contributed by atoms with Crippen molar-refractivity contribution in [2.24, 2.45) is 0 Å². The van der Waals surface area contributed by atoms with E-state index in [0.29, 0.717) is 25.7 Å². The number of carbonyl (C=O) groups is 2. The van der Waals surface area contributed by atoms with Gasteiger partial charge in [0.2, 0.25) is 0 Å². The largest absolute Gasteiger partial charge is 0.481 e. The van der Waals surface area contributed by atoms with Gasteiger partial charge in [-0.05, 0) is 32.6 Å². The number of hydrogen-bond donors (Lipinski definition) is 4. The summed E-state index contributed by atoms with van der Waals surface area (Å²) in [5, 5.41) is 39.2. The lowest BCUT2D eigenvalue weighted by molar-refractivity contribution is -0.313. The molecule has 6 atom stereocenters. The van der Waals surface area contributed by atoms with Crippen LogP contribution >= 0.6 is 0 Å². The maximum absolute atomic E-state index is 11.1. The number of aliphatic carboxylic acids is 1. The second-order valence-electron chi connectivity index (χ2n) is 8.02. The van der Waals surface area contributed by atoms with E-state index in [1.54, 1.807) is 6.92 Å². The standard InChI is InChI=1S/C21H38O9/c1-14(22)9-5-3-6-10-15(11-7-4-8-12-17(23)24)29-21-20(27)19(26)18(25)16(30-21)13-28-2/h15-16,18-21,25-27H,3-13H2,1-2H3,(H,23,24)/t15-,16+,18+,19-,20+,21-/m1/s1. The van der Waals surface area contributed by atoms with Gasteiger partial charge in [-0.1, -0.05) is 25.7 Å². The van der Waals surface area contributed by atoms with Gasteiger partial charge in [-0.25, -0.2) is 0 Å². The third-order valence-electron chi connectivity index (χ3n) is 5.30. The van der Waals surface area contributed by atoms with Gasteiger partial charge in [-0.3, -0.25) is 4.79 Å². The number of ketones is 1. The summed E-state index contributed by atoms with van der Waals surface area (Å²) < 4.78 is 16.6. The SMILES string of the molecule is COC[C@@H]1O[C@@H](O[C@H](CCCCCC(C)=O)CCCCCC(=O)O)[C@@H](O)[C@H](O)[C@H]1O. The number of unbranched alkanes of at least 4 members (excludes halogenated alkanes) is 4. The number of aliphatic hydroxyl groups excluding tert-OH is 3. The first-order valence-electron chi connectivity index (χ1n) is 10.8. The summed E-state index contributed by atoms with van der Waals surface area (Å²) in [5.41, 5.74) is 0. The van der Waals surface area contributed by atoms with Gasteiger partial charge < -0.3 is 39.4 Å². The van der Waals surface area contributed by atoms with Crippen molar-refractivity contribution in [3.05, 3.63) is 0 Å². The fraction of sp³-hybridized carbons (Fsp3) is 0.905. The molecule has 0 aliphatic carbocycles. The van der Waals surface area contributed by atoms with Crippen LogP contribution in [0.2, 0.25) is 0 Å². The lowest BCUT2D eigenvalue weighted by Gasteiger charge is -2.41. The Morgan fingerprint density at radius 1 is 0.900 bits per heavy atom. The number of Topliss-reactive ketones (excluding diaryl/α,β-unsaturated/α-hetero) is 1. The molecule has 176 valence electrons. The molecule has 0 spiro atoms. The Morgan fingerprint density at radius 3 is 2.03 bits per heavy atom. The third kappa shape index (κ3) is 10.3. The van der Waals surface area contributed by atoms with Crippen molar-refractivity contribution in [3.63, 3.8) is 0 Å². The number of carboxylic acid groups (broad SMARTS) is 1. The van der Waals surface area contributed by atoms with Gasteiger partial charge in [-0.2, -0.15) is 0 Å². The summed E-state index contributed by atoms with van der Waals surface area (Å²) in [6.45, 7) is 1.62. The van der Waals surface area contributed by atoms with Crippen molar-refractivity contribution in [2.75, 3.05) is 13.7 Å². The molecule has 4 N–H and O–H groups in total. The highest BCUT2D eigenvalue weighted by molar-refractivity contribution is 5.75. The molecule has 1 rings (SSSR count). The molecule has 1 aliphatic heterocycles. The van der Waals surface area contributed by atoms with Gasteiger partial charge in [0.05, 0.1) is 12.7 Å². The fourth-order valence-corrected chi connectivity index (χ4v) is 3.55. The number of rotatable bonds is 16. The molecule has 1 saturated heterocycles. The topological polar surface area (TPSA) is 143 Å². The van der Waals surface area contributed by atoms with Gasteiger partial charge in [0.25, 0.3) is 0 Å². The molecule has 1 aliphatic rings. The van der Waals surface area contributed by atoms with Crippen molar-refractivity contribution in [1.29, 1.82) is 0 Å². The van der Waals surface area contributed by atoms with Gasteiger partial charge in [-0.15, -0.1) is 0 Å². The molecule has 0 unspecified atom stereocenters. The first kappa shape index (κ1) is 26.9. The molecule has 30 heavy (non-hydrogen) atoms. The van der Waals surface area contributed by atoms with Crippen LogP contribution in [0.25, 0.3) is 0 Å². The summed E-state index contributed by atoms with van der Waals surface area (Å²) in [5.74, 6) is -0.652. The van der Waals surface area contributed by atoms with E-state index in [-0.39, 0.29) is 24.9 Å². The second kappa shape index (κ2) is 14.8. The van der Waals surface area contributed by atoms with Crippen LogP contribution in [-0.2, 0) is 23.8 Å². The van der Waals surface area contributed by atoms with Crippen LogP contribution in [0.5, 0.6) is 0 Å². The fourth-order valence-electron chi connectivity index (χ4n) is 3.55. The number of carbonyl (C=O) groups excluding carboxylic acids is 1. The molecule has 0 amide bonds. The van der Waals surface area contributed by atoms with Crippen LogP contribution in [-0.4, -0.2) is 82.7 Å². The Bertz CT molecular complexity index is 475. The van der Waals surface area contributed by atoms with Gasteiger partial charge in [0.1, 0.15) is 30.2 Å². The van der Waals surface area contributed by atoms with E-state index >= 15 is 0 Å². The highest BCUT2D eigenvalue weighted by Gasteiger charge is 2.44. The smallest absolute Gasteiger partial charge is 0.303 e. The highest BCUT2D eigenvalue weighted by Crippen LogP contribution is 2.26. The number of ether oxygens (including phenoxy) is 3. The summed E-state index contributed by atoms with van der Waals surface area (Å²) >= 11 is 0. The van der Waals surface area contributed by atoms with Crippen LogP contribution in [0.3, 0.4) is 0 Å². The Hall–Kier alpha value is -1.10. The maximum Gasteiger partial charge on any atom is 0.303 e. The van der Waals surface area contributed by atoms with E-state index in [1.165, 1.54) is 7.11 Å². The number of carboxylic acids is 1. The molecule has 0 radical (unpaired) electrons. The average molecular weight is 435 g/mol. The van der Waals surface area contributed by atoms with Crippen molar-refractivity contribution in [1.82, 2.24) is 0 Å². The first-order valence-corrected chi connectivity index (χ1v) is 10.8. The number of methoxy groups -OCH3 is 1. The van der Waals surface area contributed by atoms with E-state index < -0.39 is 36.7 Å². The molecule has 0 bridgehead atoms. The monoisotopic (exact) mass is 434 g/mol. The van der Waals surface area contributed by atoms with E-state index in [4.69, 9.17) is 19.3 Å². The van der Waals surface area contributed by atoms with Crippen molar-refractivity contribution in [3.8, 4) is 0 Å². The Morgan fingerprint density at radius 2 is 1.50 bits per heavy atom. The Balaban J connectivity index is 2.59. The Kier molecular flexibility index (Phi) is 13.3.